The number of aromatic nitrogens is 3. The first-order chi connectivity index (χ1) is 18.9. The molecule has 0 bridgehead atoms. The van der Waals surface area contributed by atoms with Gasteiger partial charge >= 0.3 is 0 Å². The molecule has 0 spiro atoms. The minimum atomic E-state index is -0.698. The van der Waals surface area contributed by atoms with E-state index in [1.54, 1.807) is 29.3 Å². The predicted octanol–water partition coefficient (Wildman–Crippen LogP) is 5.42. The normalized spacial score (nSPS) is 11.0. The van der Waals surface area contributed by atoms with Gasteiger partial charge in [0, 0.05) is 36.5 Å². The van der Waals surface area contributed by atoms with Crippen LogP contribution in [0.15, 0.2) is 54.7 Å². The first-order valence-corrected chi connectivity index (χ1v) is 13.0. The third-order valence-electron chi connectivity index (χ3n) is 6.40. The van der Waals surface area contributed by atoms with E-state index in [-0.39, 0.29) is 22.9 Å². The molecule has 0 saturated carbocycles. The monoisotopic (exact) mass is 532 g/mol. The molecule has 4 aromatic rings. The molecule has 39 heavy (non-hydrogen) atoms. The van der Waals surface area contributed by atoms with Gasteiger partial charge < -0.3 is 20.7 Å². The Labute approximate surface area is 226 Å². The molecule has 0 unspecified atom stereocenters. The summed E-state index contributed by atoms with van der Waals surface area (Å²) in [4.78, 5) is 32.0. The van der Waals surface area contributed by atoms with Crippen LogP contribution in [0.2, 0.25) is 0 Å². The maximum Gasteiger partial charge on any atom is 0.276 e. The highest BCUT2D eigenvalue weighted by Crippen LogP contribution is 2.29. The fourth-order valence-electron chi connectivity index (χ4n) is 4.35. The van der Waals surface area contributed by atoms with Gasteiger partial charge in [0.05, 0.1) is 24.2 Å². The van der Waals surface area contributed by atoms with E-state index in [0.717, 1.165) is 37.3 Å². The van der Waals surface area contributed by atoms with Crippen LogP contribution in [0.1, 0.15) is 60.4 Å². The van der Waals surface area contributed by atoms with E-state index in [1.165, 1.54) is 29.8 Å². The number of nitrogens with two attached hydrogens (primary N) is 1. The molecule has 0 radical (unpaired) electrons. The molecule has 0 aliphatic heterocycles. The van der Waals surface area contributed by atoms with E-state index in [0.29, 0.717) is 35.9 Å². The number of anilines is 2. The minimum absolute atomic E-state index is 0.0434. The summed E-state index contributed by atoms with van der Waals surface area (Å²) in [5.74, 6) is -1.01. The van der Waals surface area contributed by atoms with Gasteiger partial charge in [0.1, 0.15) is 11.6 Å². The zero-order chi connectivity index (χ0) is 27.9. The number of methoxy groups -OCH3 is 1. The first kappa shape index (κ1) is 27.6. The number of carbonyl (C=O) groups excluding carboxylic acids is 2. The van der Waals surface area contributed by atoms with Crippen molar-refractivity contribution in [2.45, 2.75) is 39.5 Å². The molecule has 2 amide bonds. The van der Waals surface area contributed by atoms with Crippen LogP contribution >= 0.6 is 0 Å². The van der Waals surface area contributed by atoms with Crippen molar-refractivity contribution in [3.63, 3.8) is 0 Å². The molecule has 0 saturated heterocycles. The molecule has 204 valence electrons. The Hall–Kier alpha value is -4.47. The molecule has 2 heterocycles. The standard InChI is InChI=1S/C29H33FN6O3/c1-4-6-7-15-35(14-5-2)29(38)20-9-11-23(21(30)16-20)33-28(37)24-18-27-32-13-12-25(36(27)34-24)19-8-10-22(31)26(17-19)39-3/h8-13,16-18H,4-7,14-15,31H2,1-3H3,(H,33,37). The van der Waals surface area contributed by atoms with Gasteiger partial charge in [-0.1, -0.05) is 32.8 Å². The fourth-order valence-corrected chi connectivity index (χ4v) is 4.35. The molecule has 0 aliphatic rings. The van der Waals surface area contributed by atoms with Crippen molar-refractivity contribution >= 4 is 28.8 Å². The minimum Gasteiger partial charge on any atom is -0.495 e. The number of fused-ring (bicyclic) bond motifs is 1. The Balaban J connectivity index is 1.54. The molecular formula is C29H33FN6O3. The smallest absolute Gasteiger partial charge is 0.276 e. The van der Waals surface area contributed by atoms with Crippen LogP contribution in [0.25, 0.3) is 16.9 Å². The van der Waals surface area contributed by atoms with E-state index in [9.17, 15) is 14.0 Å². The van der Waals surface area contributed by atoms with Gasteiger partial charge in [-0.25, -0.2) is 13.9 Å². The summed E-state index contributed by atoms with van der Waals surface area (Å²) in [7, 11) is 1.53. The number of carbonyl (C=O) groups is 2. The molecule has 9 nitrogen and oxygen atoms in total. The van der Waals surface area contributed by atoms with E-state index < -0.39 is 11.7 Å². The maximum absolute atomic E-state index is 15.0. The number of nitrogen functional groups attached to an aromatic ring is 1. The topological polar surface area (TPSA) is 115 Å². The van der Waals surface area contributed by atoms with Crippen LogP contribution in [-0.4, -0.2) is 51.5 Å². The number of rotatable bonds is 11. The number of nitrogens with zero attached hydrogens (tertiary/aromatic N) is 4. The van der Waals surface area contributed by atoms with Crippen LogP contribution in [0.3, 0.4) is 0 Å². The van der Waals surface area contributed by atoms with Crippen LogP contribution < -0.4 is 15.8 Å². The number of hydrogen-bond donors (Lipinski definition) is 2. The maximum atomic E-state index is 15.0. The summed E-state index contributed by atoms with van der Waals surface area (Å²) in [6.07, 6.45) is 5.41. The van der Waals surface area contributed by atoms with Crippen LogP contribution in [-0.2, 0) is 0 Å². The number of nitrogens with one attached hydrogen (secondary N) is 1. The van der Waals surface area contributed by atoms with Crippen molar-refractivity contribution in [3.8, 4) is 17.0 Å². The summed E-state index contributed by atoms with van der Waals surface area (Å²) in [5, 5.41) is 6.96. The Morgan fingerprint density at radius 2 is 1.87 bits per heavy atom. The van der Waals surface area contributed by atoms with Gasteiger partial charge in [-0.3, -0.25) is 9.59 Å². The summed E-state index contributed by atoms with van der Waals surface area (Å²) in [6, 6.07) is 12.7. The number of halogens is 1. The third-order valence-corrected chi connectivity index (χ3v) is 6.40. The second kappa shape index (κ2) is 12.4. The summed E-state index contributed by atoms with van der Waals surface area (Å²) >= 11 is 0. The summed E-state index contributed by atoms with van der Waals surface area (Å²) in [5.41, 5.74) is 8.56. The number of amides is 2. The molecule has 0 aliphatic carbocycles. The highest BCUT2D eigenvalue weighted by Gasteiger charge is 2.19. The third kappa shape index (κ3) is 6.17. The van der Waals surface area contributed by atoms with Crippen molar-refractivity contribution in [1.29, 1.82) is 0 Å². The Kier molecular flexibility index (Phi) is 8.75. The van der Waals surface area contributed by atoms with Crippen LogP contribution in [0, 0.1) is 5.82 Å². The second-order valence-corrected chi connectivity index (χ2v) is 9.23. The summed E-state index contributed by atoms with van der Waals surface area (Å²) < 4.78 is 21.8. The SMILES string of the molecule is CCCCCN(CCC)C(=O)c1ccc(NC(=O)c2cc3nccc(-c4ccc(N)c(OC)c4)n3n2)c(F)c1. The molecule has 0 fully saturated rings. The van der Waals surface area contributed by atoms with Gasteiger partial charge in [-0.2, -0.15) is 5.10 Å². The van der Waals surface area contributed by atoms with Gasteiger partial charge in [0.25, 0.3) is 11.8 Å². The van der Waals surface area contributed by atoms with Crippen molar-refractivity contribution in [1.82, 2.24) is 19.5 Å². The van der Waals surface area contributed by atoms with Crippen molar-refractivity contribution < 1.29 is 18.7 Å². The second-order valence-electron chi connectivity index (χ2n) is 9.23. The quantitative estimate of drug-likeness (QED) is 0.197. The lowest BCUT2D eigenvalue weighted by Crippen LogP contribution is -2.32. The van der Waals surface area contributed by atoms with Crippen molar-refractivity contribution in [3.05, 3.63) is 71.8 Å². The zero-order valence-corrected chi connectivity index (χ0v) is 22.4. The molecule has 10 heteroatoms. The molecule has 4 rings (SSSR count). The van der Waals surface area contributed by atoms with E-state index in [1.807, 2.05) is 13.0 Å². The van der Waals surface area contributed by atoms with Gasteiger partial charge in [0.15, 0.2) is 11.3 Å². The largest absolute Gasteiger partial charge is 0.495 e. The fraction of sp³-hybridized carbons (Fsp3) is 0.310. The molecule has 2 aromatic carbocycles. The number of benzene rings is 2. The highest BCUT2D eigenvalue weighted by atomic mass is 19.1. The number of hydrogen-bond acceptors (Lipinski definition) is 6. The molecular weight excluding hydrogens is 499 g/mol. The summed E-state index contributed by atoms with van der Waals surface area (Å²) in [6.45, 7) is 5.35. The van der Waals surface area contributed by atoms with E-state index in [4.69, 9.17) is 10.5 Å². The molecule has 3 N–H and O–H groups in total. The Morgan fingerprint density at radius 3 is 2.59 bits per heavy atom. The Morgan fingerprint density at radius 1 is 1.05 bits per heavy atom. The average Bonchev–Trinajstić information content (AvgIpc) is 3.38. The van der Waals surface area contributed by atoms with E-state index >= 15 is 0 Å². The first-order valence-electron chi connectivity index (χ1n) is 13.0. The molecule has 2 aromatic heterocycles. The van der Waals surface area contributed by atoms with Gasteiger partial charge in [-0.05, 0) is 49.2 Å². The Bertz CT molecular complexity index is 1490. The van der Waals surface area contributed by atoms with Crippen molar-refractivity contribution in [2.75, 3.05) is 31.2 Å². The lowest BCUT2D eigenvalue weighted by Gasteiger charge is -2.22. The predicted molar refractivity (Wildman–Crippen MR) is 149 cm³/mol. The number of ether oxygens (including phenoxy) is 1. The average molecular weight is 533 g/mol. The van der Waals surface area contributed by atoms with Crippen LogP contribution in [0.5, 0.6) is 5.75 Å². The zero-order valence-electron chi connectivity index (χ0n) is 22.4. The lowest BCUT2D eigenvalue weighted by molar-refractivity contribution is 0.0752. The number of unbranched alkanes of at least 4 members (excludes halogenated alkanes) is 2. The molecule has 0 atom stereocenters. The van der Waals surface area contributed by atoms with Crippen LogP contribution in [0.4, 0.5) is 15.8 Å². The van der Waals surface area contributed by atoms with Gasteiger partial charge in [-0.15, -0.1) is 0 Å². The van der Waals surface area contributed by atoms with E-state index in [2.05, 4.69) is 22.3 Å². The van der Waals surface area contributed by atoms with Crippen molar-refractivity contribution in [2.24, 2.45) is 0 Å². The highest BCUT2D eigenvalue weighted by molar-refractivity contribution is 6.04. The lowest BCUT2D eigenvalue weighted by atomic mass is 10.1. The van der Waals surface area contributed by atoms with Gasteiger partial charge in [0.2, 0.25) is 0 Å².